The second-order valence-corrected chi connectivity index (χ2v) is 6.29. The molecule has 3 rings (SSSR count). The Kier molecular flexibility index (Phi) is 5.56. The van der Waals surface area contributed by atoms with E-state index in [1.165, 1.54) is 0 Å². The molecule has 0 radical (unpaired) electrons. The summed E-state index contributed by atoms with van der Waals surface area (Å²) >= 11 is 0. The average Bonchev–Trinajstić information content (AvgIpc) is 2.68. The van der Waals surface area contributed by atoms with Crippen molar-refractivity contribution in [3.05, 3.63) is 60.2 Å². The van der Waals surface area contributed by atoms with Crippen LogP contribution in [-0.4, -0.2) is 44.1 Å². The summed E-state index contributed by atoms with van der Waals surface area (Å²) in [5.74, 6) is 0.978. The Balaban J connectivity index is 1.54. The normalized spacial score (nSPS) is 15.8. The molecule has 2 aromatic rings. The highest BCUT2D eigenvalue weighted by molar-refractivity contribution is 5.77. The molecule has 132 valence electrons. The van der Waals surface area contributed by atoms with E-state index in [0.29, 0.717) is 6.42 Å². The number of hydrogen-bond acceptors (Lipinski definition) is 4. The summed E-state index contributed by atoms with van der Waals surface area (Å²) in [5.41, 5.74) is 8.32. The van der Waals surface area contributed by atoms with Crippen LogP contribution in [0.25, 0.3) is 0 Å². The summed E-state index contributed by atoms with van der Waals surface area (Å²) in [6.45, 7) is 3.08. The summed E-state index contributed by atoms with van der Waals surface area (Å²) in [7, 11) is 1.67. The van der Waals surface area contributed by atoms with Crippen molar-refractivity contribution in [2.75, 3.05) is 38.2 Å². The van der Waals surface area contributed by atoms with Crippen LogP contribution < -0.4 is 15.4 Å². The molecule has 2 N–H and O–H groups in total. The van der Waals surface area contributed by atoms with Crippen molar-refractivity contribution in [1.29, 1.82) is 0 Å². The Labute approximate surface area is 149 Å². The van der Waals surface area contributed by atoms with Gasteiger partial charge in [-0.15, -0.1) is 0 Å². The highest BCUT2D eigenvalue weighted by Crippen LogP contribution is 2.22. The standard InChI is InChI=1S/C20H25N3O2/c1-25-18-9-5-8-17(14-18)22-10-12-23(13-11-22)20(24)15-19(21)16-6-3-2-4-7-16/h2-9,14,19H,10-13,15,21H2,1H3. The van der Waals surface area contributed by atoms with Crippen LogP contribution in [-0.2, 0) is 4.79 Å². The van der Waals surface area contributed by atoms with Gasteiger partial charge < -0.3 is 20.3 Å². The third kappa shape index (κ3) is 4.31. The summed E-state index contributed by atoms with van der Waals surface area (Å²) < 4.78 is 5.29. The number of carbonyl (C=O) groups excluding carboxylic acids is 1. The fraction of sp³-hybridized carbons (Fsp3) is 0.350. The minimum absolute atomic E-state index is 0.127. The van der Waals surface area contributed by atoms with Crippen molar-refractivity contribution in [3.63, 3.8) is 0 Å². The Bertz CT molecular complexity index is 697. The van der Waals surface area contributed by atoms with Crippen molar-refractivity contribution in [2.45, 2.75) is 12.5 Å². The lowest BCUT2D eigenvalue weighted by Crippen LogP contribution is -2.49. The van der Waals surface area contributed by atoms with Crippen LogP contribution >= 0.6 is 0 Å². The van der Waals surface area contributed by atoms with E-state index in [0.717, 1.165) is 43.2 Å². The topological polar surface area (TPSA) is 58.8 Å². The summed E-state index contributed by atoms with van der Waals surface area (Å²) in [6, 6.07) is 17.6. The van der Waals surface area contributed by atoms with E-state index < -0.39 is 0 Å². The smallest absolute Gasteiger partial charge is 0.224 e. The van der Waals surface area contributed by atoms with Crippen molar-refractivity contribution in [1.82, 2.24) is 4.90 Å². The minimum Gasteiger partial charge on any atom is -0.497 e. The van der Waals surface area contributed by atoms with Gasteiger partial charge in [0.1, 0.15) is 5.75 Å². The molecule has 0 saturated carbocycles. The zero-order valence-corrected chi connectivity index (χ0v) is 14.6. The number of hydrogen-bond donors (Lipinski definition) is 1. The second kappa shape index (κ2) is 8.03. The molecule has 0 aliphatic carbocycles. The number of ether oxygens (including phenoxy) is 1. The molecule has 1 unspecified atom stereocenters. The zero-order valence-electron chi connectivity index (χ0n) is 14.6. The van der Waals surface area contributed by atoms with Gasteiger partial charge in [-0.05, 0) is 17.7 Å². The van der Waals surface area contributed by atoms with Gasteiger partial charge >= 0.3 is 0 Å². The van der Waals surface area contributed by atoms with Crippen LogP contribution in [0.3, 0.4) is 0 Å². The van der Waals surface area contributed by atoms with Crippen molar-refractivity contribution in [3.8, 4) is 5.75 Å². The van der Waals surface area contributed by atoms with Crippen LogP contribution in [0.5, 0.6) is 5.75 Å². The number of benzene rings is 2. The molecule has 1 amide bonds. The lowest BCUT2D eigenvalue weighted by molar-refractivity contribution is -0.131. The molecule has 1 aliphatic heterocycles. The molecule has 0 aromatic heterocycles. The van der Waals surface area contributed by atoms with E-state index in [1.807, 2.05) is 53.4 Å². The lowest BCUT2D eigenvalue weighted by atomic mass is 10.0. The molecular formula is C20H25N3O2. The summed E-state index contributed by atoms with van der Waals surface area (Å²) in [5, 5.41) is 0. The second-order valence-electron chi connectivity index (χ2n) is 6.29. The van der Waals surface area contributed by atoms with Crippen LogP contribution in [0, 0.1) is 0 Å². The fourth-order valence-electron chi connectivity index (χ4n) is 3.16. The molecule has 1 heterocycles. The Hall–Kier alpha value is -2.53. The number of rotatable bonds is 5. The third-order valence-corrected chi connectivity index (χ3v) is 4.67. The first-order valence-corrected chi connectivity index (χ1v) is 8.64. The van der Waals surface area contributed by atoms with Gasteiger partial charge in [-0.2, -0.15) is 0 Å². The Morgan fingerprint density at radius 1 is 1.08 bits per heavy atom. The van der Waals surface area contributed by atoms with E-state index in [-0.39, 0.29) is 11.9 Å². The molecule has 0 bridgehead atoms. The van der Waals surface area contributed by atoms with Crippen molar-refractivity contribution in [2.24, 2.45) is 5.73 Å². The van der Waals surface area contributed by atoms with E-state index in [9.17, 15) is 4.79 Å². The SMILES string of the molecule is COc1cccc(N2CCN(C(=O)CC(N)c3ccccc3)CC2)c1. The maximum atomic E-state index is 12.5. The molecule has 25 heavy (non-hydrogen) atoms. The molecule has 2 aromatic carbocycles. The number of nitrogens with two attached hydrogens (primary N) is 1. The largest absolute Gasteiger partial charge is 0.497 e. The zero-order chi connectivity index (χ0) is 17.6. The van der Waals surface area contributed by atoms with E-state index in [4.69, 9.17) is 10.5 Å². The summed E-state index contributed by atoms with van der Waals surface area (Å²) in [6.07, 6.45) is 0.350. The Morgan fingerprint density at radius 2 is 1.80 bits per heavy atom. The molecule has 1 fully saturated rings. The maximum absolute atomic E-state index is 12.5. The van der Waals surface area contributed by atoms with Gasteiger partial charge in [0, 0.05) is 50.4 Å². The van der Waals surface area contributed by atoms with Gasteiger partial charge in [0.25, 0.3) is 0 Å². The highest BCUT2D eigenvalue weighted by Gasteiger charge is 2.23. The van der Waals surface area contributed by atoms with Gasteiger partial charge in [-0.3, -0.25) is 4.79 Å². The fourth-order valence-corrected chi connectivity index (χ4v) is 3.16. The number of carbonyl (C=O) groups is 1. The van der Waals surface area contributed by atoms with Crippen LogP contribution in [0.2, 0.25) is 0 Å². The van der Waals surface area contributed by atoms with E-state index in [2.05, 4.69) is 11.0 Å². The van der Waals surface area contributed by atoms with Crippen molar-refractivity contribution >= 4 is 11.6 Å². The molecule has 0 spiro atoms. The quantitative estimate of drug-likeness (QED) is 0.909. The van der Waals surface area contributed by atoms with Crippen LogP contribution in [0.4, 0.5) is 5.69 Å². The van der Waals surface area contributed by atoms with Gasteiger partial charge in [-0.1, -0.05) is 36.4 Å². The minimum atomic E-state index is -0.245. The number of methoxy groups -OCH3 is 1. The van der Waals surface area contributed by atoms with Crippen LogP contribution in [0.15, 0.2) is 54.6 Å². The molecule has 1 atom stereocenters. The molecular weight excluding hydrogens is 314 g/mol. The predicted octanol–water partition coefficient (Wildman–Crippen LogP) is 2.43. The van der Waals surface area contributed by atoms with Gasteiger partial charge in [0.05, 0.1) is 7.11 Å². The first-order chi connectivity index (χ1) is 12.2. The summed E-state index contributed by atoms with van der Waals surface area (Å²) in [4.78, 5) is 16.7. The maximum Gasteiger partial charge on any atom is 0.224 e. The van der Waals surface area contributed by atoms with Crippen molar-refractivity contribution < 1.29 is 9.53 Å². The number of piperazine rings is 1. The monoisotopic (exact) mass is 339 g/mol. The number of amides is 1. The van der Waals surface area contributed by atoms with Crippen LogP contribution in [0.1, 0.15) is 18.0 Å². The molecule has 1 aliphatic rings. The first-order valence-electron chi connectivity index (χ1n) is 8.64. The number of anilines is 1. The molecule has 5 heteroatoms. The predicted molar refractivity (Wildman–Crippen MR) is 99.8 cm³/mol. The first kappa shape index (κ1) is 17.3. The van der Waals surface area contributed by atoms with E-state index in [1.54, 1.807) is 7.11 Å². The van der Waals surface area contributed by atoms with Gasteiger partial charge in [-0.25, -0.2) is 0 Å². The molecule has 5 nitrogen and oxygen atoms in total. The third-order valence-electron chi connectivity index (χ3n) is 4.67. The van der Waals surface area contributed by atoms with E-state index >= 15 is 0 Å². The average molecular weight is 339 g/mol. The Morgan fingerprint density at radius 3 is 2.48 bits per heavy atom. The highest BCUT2D eigenvalue weighted by atomic mass is 16.5. The van der Waals surface area contributed by atoms with Gasteiger partial charge in [0.15, 0.2) is 0 Å². The lowest BCUT2D eigenvalue weighted by Gasteiger charge is -2.36. The molecule has 1 saturated heterocycles. The van der Waals surface area contributed by atoms with Gasteiger partial charge in [0.2, 0.25) is 5.91 Å². The number of nitrogens with zero attached hydrogens (tertiary/aromatic N) is 2.